The molecule has 0 radical (unpaired) electrons. The molecule has 36 heavy (non-hydrogen) atoms. The Morgan fingerprint density at radius 2 is 1.86 bits per heavy atom. The number of aryl methyl sites for hydroxylation is 1. The number of carbonyl (C=O) groups is 1. The van der Waals surface area contributed by atoms with Gasteiger partial charge in [-0.05, 0) is 56.2 Å². The predicted octanol–water partition coefficient (Wildman–Crippen LogP) is 5.96. The number of allylic oxidation sites excluding steroid dienone is 1. The number of ether oxygens (including phenoxy) is 1. The Bertz CT molecular complexity index is 1660. The van der Waals surface area contributed by atoms with Crippen LogP contribution in [0, 0.1) is 6.92 Å². The first-order chi connectivity index (χ1) is 17.1. The molecule has 2 heterocycles. The third-order valence-electron chi connectivity index (χ3n) is 6.33. The summed E-state index contributed by atoms with van der Waals surface area (Å²) in [6.07, 6.45) is 2.37. The van der Waals surface area contributed by atoms with Crippen LogP contribution in [0.25, 0.3) is 16.5 Å². The normalized spacial score (nSPS) is 13.2. The van der Waals surface area contributed by atoms with Crippen LogP contribution in [-0.2, 0) is 26.7 Å². The van der Waals surface area contributed by atoms with Crippen LogP contribution in [0.15, 0.2) is 47.4 Å². The molecule has 4 aromatic rings. The number of carbonyl (C=O) groups excluding carboxylic acids is 1. The summed E-state index contributed by atoms with van der Waals surface area (Å²) in [7, 11) is -3.81. The van der Waals surface area contributed by atoms with Gasteiger partial charge < -0.3 is 19.8 Å². The average molecular weight is 545 g/mol. The van der Waals surface area contributed by atoms with Crippen LogP contribution in [-0.4, -0.2) is 36.1 Å². The van der Waals surface area contributed by atoms with Crippen molar-refractivity contribution < 1.29 is 23.1 Å². The lowest BCUT2D eigenvalue weighted by atomic mass is 10.0. The van der Waals surface area contributed by atoms with Crippen LogP contribution in [0.3, 0.4) is 0 Å². The number of rotatable bonds is 6. The molecule has 0 unspecified atom stereocenters. The molecular weight excluding hydrogens is 523 g/mol. The molecule has 1 aliphatic rings. The molecule has 1 aliphatic carbocycles. The fourth-order valence-corrected chi connectivity index (χ4v) is 6.81. The Morgan fingerprint density at radius 1 is 1.14 bits per heavy atom. The minimum atomic E-state index is -3.81. The third-order valence-corrected chi connectivity index (χ3v) is 8.67. The van der Waals surface area contributed by atoms with E-state index in [4.69, 9.17) is 27.9 Å². The molecule has 0 saturated carbocycles. The molecule has 5 rings (SSSR count). The zero-order chi connectivity index (χ0) is 25.8. The minimum absolute atomic E-state index is 0.0694. The molecular formula is C26H22Cl2N2O5S. The average Bonchev–Trinajstić information content (AvgIpc) is 3.46. The maximum Gasteiger partial charge on any atom is 0.340 e. The summed E-state index contributed by atoms with van der Waals surface area (Å²) in [5.74, 6) is -0.872. The number of nitrogens with one attached hydrogen (secondary N) is 2. The molecule has 2 aromatic heterocycles. The maximum atomic E-state index is 13.3. The van der Waals surface area contributed by atoms with E-state index in [0.29, 0.717) is 51.0 Å². The summed E-state index contributed by atoms with van der Waals surface area (Å²) >= 11 is 12.4. The number of hydrogen-bond acceptors (Lipinski definition) is 5. The van der Waals surface area contributed by atoms with E-state index in [1.807, 2.05) is 6.08 Å². The summed E-state index contributed by atoms with van der Waals surface area (Å²) < 4.78 is 31.8. The standard InChI is InChI=1S/C26H22Cl2N2O5S/c1-3-35-26(32)22-13(2)29-24-15(22)8-9-16(24)23-17-11-14(7-10-21(17)30-25(23)31)36(33,34)12-18-19(27)5-4-6-20(18)28/h4-7,9-11,29-31H,3,8,12H2,1-2H3. The van der Waals surface area contributed by atoms with Crippen LogP contribution in [0.5, 0.6) is 5.88 Å². The zero-order valence-electron chi connectivity index (χ0n) is 19.4. The molecule has 7 nitrogen and oxygen atoms in total. The molecule has 0 saturated heterocycles. The second-order valence-electron chi connectivity index (χ2n) is 8.54. The molecule has 186 valence electrons. The largest absolute Gasteiger partial charge is 0.494 e. The third kappa shape index (κ3) is 3.99. The summed E-state index contributed by atoms with van der Waals surface area (Å²) in [6.45, 7) is 3.80. The molecule has 0 aliphatic heterocycles. The maximum absolute atomic E-state index is 13.3. The van der Waals surface area contributed by atoms with Crippen molar-refractivity contribution in [2.45, 2.75) is 30.9 Å². The number of halogens is 2. The van der Waals surface area contributed by atoms with Gasteiger partial charge in [0.05, 0.1) is 34.1 Å². The van der Waals surface area contributed by atoms with Gasteiger partial charge in [0.25, 0.3) is 0 Å². The van der Waals surface area contributed by atoms with Crippen LogP contribution >= 0.6 is 23.2 Å². The van der Waals surface area contributed by atoms with Crippen molar-refractivity contribution in [2.24, 2.45) is 0 Å². The van der Waals surface area contributed by atoms with E-state index >= 15 is 0 Å². The number of hydrogen-bond donors (Lipinski definition) is 3. The molecule has 0 bridgehead atoms. The van der Waals surface area contributed by atoms with Crippen molar-refractivity contribution in [2.75, 3.05) is 6.61 Å². The van der Waals surface area contributed by atoms with Crippen LogP contribution in [0.1, 0.15) is 45.4 Å². The van der Waals surface area contributed by atoms with Crippen LogP contribution in [0.4, 0.5) is 0 Å². The van der Waals surface area contributed by atoms with Crippen LogP contribution in [0.2, 0.25) is 10.0 Å². The van der Waals surface area contributed by atoms with Gasteiger partial charge in [-0.2, -0.15) is 0 Å². The first kappa shape index (κ1) is 24.5. The van der Waals surface area contributed by atoms with Crippen molar-refractivity contribution in [3.63, 3.8) is 0 Å². The van der Waals surface area contributed by atoms with Gasteiger partial charge in [-0.25, -0.2) is 13.2 Å². The Kier molecular flexibility index (Phi) is 6.14. The lowest BCUT2D eigenvalue weighted by Gasteiger charge is -2.09. The Hall–Kier alpha value is -3.20. The zero-order valence-corrected chi connectivity index (χ0v) is 21.7. The van der Waals surface area contributed by atoms with Crippen molar-refractivity contribution in [1.29, 1.82) is 0 Å². The van der Waals surface area contributed by atoms with Crippen molar-refractivity contribution in [3.8, 4) is 5.88 Å². The first-order valence-corrected chi connectivity index (χ1v) is 13.6. The number of aromatic amines is 2. The fraction of sp³-hybridized carbons (Fsp3) is 0.192. The number of sulfone groups is 1. The van der Waals surface area contributed by atoms with Crippen LogP contribution < -0.4 is 0 Å². The summed E-state index contributed by atoms with van der Waals surface area (Å²) in [6, 6.07) is 9.46. The van der Waals surface area contributed by atoms with E-state index in [1.54, 1.807) is 38.1 Å². The molecule has 3 N–H and O–H groups in total. The van der Waals surface area contributed by atoms with E-state index < -0.39 is 15.8 Å². The molecule has 0 amide bonds. The number of H-pyrrole nitrogens is 2. The number of esters is 1. The molecule has 10 heteroatoms. The van der Waals surface area contributed by atoms with E-state index in [1.165, 1.54) is 12.1 Å². The van der Waals surface area contributed by atoms with Crippen molar-refractivity contribution >= 4 is 55.5 Å². The Balaban J connectivity index is 1.59. The van der Waals surface area contributed by atoms with Crippen molar-refractivity contribution in [3.05, 3.63) is 86.2 Å². The highest BCUT2D eigenvalue weighted by atomic mass is 35.5. The highest BCUT2D eigenvalue weighted by Gasteiger charge is 2.30. The SMILES string of the molecule is CCOC(=O)c1c(C)[nH]c2c1CC=C2c1c(O)[nH]c2ccc(S(=O)(=O)Cc3c(Cl)cccc3Cl)cc12. The number of fused-ring (bicyclic) bond motifs is 2. The van der Waals surface area contributed by atoms with Gasteiger partial charge in [-0.1, -0.05) is 35.3 Å². The van der Waals surface area contributed by atoms with Gasteiger partial charge in [-0.15, -0.1) is 0 Å². The number of benzene rings is 2. The summed E-state index contributed by atoms with van der Waals surface area (Å²) in [5.41, 5.74) is 4.66. The van der Waals surface area contributed by atoms with Gasteiger partial charge in [0.2, 0.25) is 0 Å². The molecule has 0 spiro atoms. The quantitative estimate of drug-likeness (QED) is 0.259. The van der Waals surface area contributed by atoms with E-state index in [2.05, 4.69) is 9.97 Å². The second kappa shape index (κ2) is 9.03. The van der Waals surface area contributed by atoms with E-state index in [-0.39, 0.29) is 33.2 Å². The molecule has 2 aromatic carbocycles. The lowest BCUT2D eigenvalue weighted by Crippen LogP contribution is -2.07. The summed E-state index contributed by atoms with van der Waals surface area (Å²) in [4.78, 5) is 18.7. The highest BCUT2D eigenvalue weighted by Crippen LogP contribution is 2.43. The topological polar surface area (TPSA) is 112 Å². The lowest BCUT2D eigenvalue weighted by molar-refractivity contribution is 0.0524. The Morgan fingerprint density at radius 3 is 2.56 bits per heavy atom. The van der Waals surface area contributed by atoms with Gasteiger partial charge in [0, 0.05) is 37.8 Å². The number of aromatic nitrogens is 2. The second-order valence-corrected chi connectivity index (χ2v) is 11.3. The van der Waals surface area contributed by atoms with Gasteiger partial charge in [0.15, 0.2) is 15.7 Å². The fourth-order valence-electron chi connectivity index (χ4n) is 4.69. The summed E-state index contributed by atoms with van der Waals surface area (Å²) in [5, 5.41) is 11.9. The molecule has 0 atom stereocenters. The smallest absolute Gasteiger partial charge is 0.340 e. The van der Waals surface area contributed by atoms with Crippen molar-refractivity contribution in [1.82, 2.24) is 9.97 Å². The van der Waals surface area contributed by atoms with E-state index in [0.717, 1.165) is 5.56 Å². The monoisotopic (exact) mass is 544 g/mol. The molecule has 0 fully saturated rings. The predicted molar refractivity (Wildman–Crippen MR) is 140 cm³/mol. The number of aromatic hydroxyl groups is 1. The minimum Gasteiger partial charge on any atom is -0.494 e. The van der Waals surface area contributed by atoms with Gasteiger partial charge in [-0.3, -0.25) is 0 Å². The highest BCUT2D eigenvalue weighted by molar-refractivity contribution is 7.90. The Labute approximate surface area is 217 Å². The van der Waals surface area contributed by atoms with E-state index in [9.17, 15) is 18.3 Å². The first-order valence-electron chi connectivity index (χ1n) is 11.2. The van der Waals surface area contributed by atoms with Gasteiger partial charge >= 0.3 is 5.97 Å². The van der Waals surface area contributed by atoms with Gasteiger partial charge in [0.1, 0.15) is 0 Å².